The summed E-state index contributed by atoms with van der Waals surface area (Å²) in [6.45, 7) is 1.12. The van der Waals surface area contributed by atoms with Crippen LogP contribution in [0, 0.1) is 16.7 Å². The van der Waals surface area contributed by atoms with Crippen molar-refractivity contribution in [2.75, 3.05) is 13.1 Å². The third-order valence-corrected chi connectivity index (χ3v) is 6.68. The number of urea groups is 1. The Labute approximate surface area is 180 Å². The Morgan fingerprint density at radius 1 is 1.19 bits per heavy atom. The molecular formula is C22H27F2N5O2. The summed E-state index contributed by atoms with van der Waals surface area (Å²) in [5, 5.41) is 14.3. The van der Waals surface area contributed by atoms with E-state index in [4.69, 9.17) is 0 Å². The summed E-state index contributed by atoms with van der Waals surface area (Å²) < 4.78 is 29.6. The Morgan fingerprint density at radius 2 is 1.90 bits per heavy atom. The number of halogens is 2. The fourth-order valence-corrected chi connectivity index (χ4v) is 4.16. The molecule has 2 aliphatic carbocycles. The minimum Gasteiger partial charge on any atom is -0.336 e. The molecule has 7 nitrogen and oxygen atoms in total. The molecule has 3 fully saturated rings. The molecule has 2 N–H and O–H groups in total. The molecule has 2 saturated carbocycles. The van der Waals surface area contributed by atoms with Crippen LogP contribution in [0.15, 0.2) is 24.4 Å². The lowest BCUT2D eigenvalue weighted by Gasteiger charge is -2.33. The first-order valence-corrected chi connectivity index (χ1v) is 10.8. The van der Waals surface area contributed by atoms with Gasteiger partial charge in [0.2, 0.25) is 5.91 Å². The summed E-state index contributed by atoms with van der Waals surface area (Å²) in [5.41, 5.74) is -0.423. The molecule has 166 valence electrons. The van der Waals surface area contributed by atoms with Gasteiger partial charge in [-0.1, -0.05) is 6.07 Å². The lowest BCUT2D eigenvalue weighted by atomic mass is 9.94. The van der Waals surface area contributed by atoms with Crippen molar-refractivity contribution in [2.45, 2.75) is 68.9 Å². The van der Waals surface area contributed by atoms with E-state index in [1.807, 2.05) is 6.07 Å². The number of amides is 3. The number of piperidine rings is 1. The maximum absolute atomic E-state index is 14.8. The van der Waals surface area contributed by atoms with Gasteiger partial charge in [0.05, 0.1) is 12.5 Å². The monoisotopic (exact) mass is 431 g/mol. The average Bonchev–Trinajstić information content (AvgIpc) is 3.67. The molecule has 1 aromatic rings. The lowest BCUT2D eigenvalue weighted by Crippen LogP contribution is -2.56. The molecule has 2 heterocycles. The maximum Gasteiger partial charge on any atom is 0.318 e. The van der Waals surface area contributed by atoms with Crippen molar-refractivity contribution in [1.29, 1.82) is 5.26 Å². The van der Waals surface area contributed by atoms with Crippen molar-refractivity contribution in [3.05, 3.63) is 30.1 Å². The van der Waals surface area contributed by atoms with Gasteiger partial charge in [0.25, 0.3) is 5.92 Å². The number of alkyl halides is 2. The molecule has 0 bridgehead atoms. The summed E-state index contributed by atoms with van der Waals surface area (Å²) >= 11 is 0. The first-order valence-electron chi connectivity index (χ1n) is 10.8. The van der Waals surface area contributed by atoms with Crippen LogP contribution in [0.25, 0.3) is 0 Å². The molecule has 0 unspecified atom stereocenters. The van der Waals surface area contributed by atoms with Crippen LogP contribution in [0.1, 0.15) is 50.6 Å². The normalized spacial score (nSPS) is 21.6. The second kappa shape index (κ2) is 8.06. The van der Waals surface area contributed by atoms with Crippen LogP contribution >= 0.6 is 0 Å². The zero-order valence-electron chi connectivity index (χ0n) is 17.4. The van der Waals surface area contributed by atoms with Crippen LogP contribution in [0.4, 0.5) is 13.6 Å². The number of hydrogen-bond acceptors (Lipinski definition) is 4. The number of nitriles is 1. The van der Waals surface area contributed by atoms with Gasteiger partial charge in [-0.15, -0.1) is 0 Å². The predicted molar refractivity (Wildman–Crippen MR) is 108 cm³/mol. The Bertz CT molecular complexity index is 868. The summed E-state index contributed by atoms with van der Waals surface area (Å²) in [6, 6.07) is 4.83. The van der Waals surface area contributed by atoms with Crippen LogP contribution in [0.3, 0.4) is 0 Å². The SMILES string of the molecule is N#CC1(NC(=O)[C@H](CC(F)(F)Cc2ccccn2)NC(=O)N2CCC3(CC2)CC3)CC1. The number of carbonyl (C=O) groups is 2. The van der Waals surface area contributed by atoms with Crippen molar-refractivity contribution in [3.8, 4) is 6.07 Å². The van der Waals surface area contributed by atoms with Crippen LogP contribution in [0.5, 0.6) is 0 Å². The fourth-order valence-electron chi connectivity index (χ4n) is 4.16. The number of pyridine rings is 1. The highest BCUT2D eigenvalue weighted by Gasteiger charge is 2.48. The van der Waals surface area contributed by atoms with Crippen molar-refractivity contribution in [1.82, 2.24) is 20.5 Å². The highest BCUT2D eigenvalue weighted by Crippen LogP contribution is 2.53. The Balaban J connectivity index is 1.42. The van der Waals surface area contributed by atoms with E-state index in [1.165, 1.54) is 25.1 Å². The molecule has 0 aromatic carbocycles. The minimum absolute atomic E-state index is 0.208. The number of rotatable bonds is 7. The van der Waals surface area contributed by atoms with E-state index in [2.05, 4.69) is 15.6 Å². The number of carbonyl (C=O) groups excluding carboxylic acids is 2. The van der Waals surface area contributed by atoms with Crippen molar-refractivity contribution in [3.63, 3.8) is 0 Å². The van der Waals surface area contributed by atoms with Crippen LogP contribution < -0.4 is 10.6 Å². The molecule has 3 aliphatic rings. The van der Waals surface area contributed by atoms with Gasteiger partial charge in [-0.3, -0.25) is 9.78 Å². The smallest absolute Gasteiger partial charge is 0.318 e. The van der Waals surface area contributed by atoms with Gasteiger partial charge in [0, 0.05) is 31.4 Å². The first-order chi connectivity index (χ1) is 14.7. The molecule has 9 heteroatoms. The van der Waals surface area contributed by atoms with Gasteiger partial charge in [-0.05, 0) is 56.1 Å². The minimum atomic E-state index is -3.26. The van der Waals surface area contributed by atoms with Crippen molar-refractivity contribution < 1.29 is 18.4 Å². The maximum atomic E-state index is 14.8. The Kier molecular flexibility index (Phi) is 5.58. The van der Waals surface area contributed by atoms with Gasteiger partial charge >= 0.3 is 6.03 Å². The predicted octanol–water partition coefficient (Wildman–Crippen LogP) is 2.78. The molecule has 1 spiro atoms. The highest BCUT2D eigenvalue weighted by molar-refractivity contribution is 5.88. The van der Waals surface area contributed by atoms with E-state index in [1.54, 1.807) is 17.0 Å². The van der Waals surface area contributed by atoms with E-state index in [0.717, 1.165) is 12.8 Å². The molecule has 3 amide bonds. The van der Waals surface area contributed by atoms with Crippen LogP contribution in [0.2, 0.25) is 0 Å². The van der Waals surface area contributed by atoms with Gasteiger partial charge in [-0.2, -0.15) is 5.26 Å². The van der Waals surface area contributed by atoms with Gasteiger partial charge in [-0.25, -0.2) is 13.6 Å². The topological polar surface area (TPSA) is 98.1 Å². The summed E-state index contributed by atoms with van der Waals surface area (Å²) in [4.78, 5) is 31.1. The van der Waals surface area contributed by atoms with Crippen LogP contribution in [-0.4, -0.2) is 52.4 Å². The highest BCUT2D eigenvalue weighted by atomic mass is 19.3. The first kappa shape index (κ1) is 21.5. The molecule has 31 heavy (non-hydrogen) atoms. The number of hydrogen-bond donors (Lipinski definition) is 2. The Morgan fingerprint density at radius 3 is 2.45 bits per heavy atom. The largest absolute Gasteiger partial charge is 0.336 e. The summed E-state index contributed by atoms with van der Waals surface area (Å²) in [5.74, 6) is -4.00. The lowest BCUT2D eigenvalue weighted by molar-refractivity contribution is -0.126. The number of aromatic nitrogens is 1. The third kappa shape index (κ3) is 5.30. The zero-order valence-corrected chi connectivity index (χ0v) is 17.4. The van der Waals surface area contributed by atoms with Crippen molar-refractivity contribution in [2.24, 2.45) is 5.41 Å². The molecular weight excluding hydrogens is 404 g/mol. The standard InChI is InChI=1S/C22H27F2N5O2/c23-22(24,13-16-3-1-2-10-26-16)14-17(18(30)28-21(15-25)6-7-21)27-19(31)29-11-8-20(4-5-20)9-12-29/h1-3,10,17H,4-9,11-14H2,(H,27,31)(H,28,30)/t17-/m0/s1. The fraction of sp³-hybridized carbons (Fsp3) is 0.636. The summed E-state index contributed by atoms with van der Waals surface area (Å²) in [7, 11) is 0. The van der Waals surface area contributed by atoms with Crippen molar-refractivity contribution >= 4 is 11.9 Å². The molecule has 1 aliphatic heterocycles. The van der Waals surface area contributed by atoms with Gasteiger partial charge < -0.3 is 15.5 Å². The number of likely N-dealkylation sites (tertiary alicyclic amines) is 1. The zero-order chi connectivity index (χ0) is 22.1. The van der Waals surface area contributed by atoms with Gasteiger partial charge in [0.1, 0.15) is 11.6 Å². The molecule has 1 saturated heterocycles. The number of nitrogens with zero attached hydrogens (tertiary/aromatic N) is 3. The van der Waals surface area contributed by atoms with E-state index < -0.39 is 42.3 Å². The number of nitrogens with one attached hydrogen (secondary N) is 2. The second-order valence-electron chi connectivity index (χ2n) is 9.23. The Hall–Kier alpha value is -2.76. The van der Waals surface area contributed by atoms with Gasteiger partial charge in [0.15, 0.2) is 0 Å². The summed E-state index contributed by atoms with van der Waals surface area (Å²) in [6.07, 6.45) is 5.08. The third-order valence-electron chi connectivity index (χ3n) is 6.68. The quantitative estimate of drug-likeness (QED) is 0.694. The average molecular weight is 431 g/mol. The molecule has 4 rings (SSSR count). The molecule has 1 aromatic heterocycles. The van der Waals surface area contributed by atoms with E-state index in [-0.39, 0.29) is 5.69 Å². The van der Waals surface area contributed by atoms with E-state index in [9.17, 15) is 23.6 Å². The van der Waals surface area contributed by atoms with E-state index >= 15 is 0 Å². The van der Waals surface area contributed by atoms with E-state index in [0.29, 0.717) is 31.3 Å². The molecule has 1 atom stereocenters. The van der Waals surface area contributed by atoms with Crippen LogP contribution in [-0.2, 0) is 11.2 Å². The second-order valence-corrected chi connectivity index (χ2v) is 9.23. The molecule has 0 radical (unpaired) electrons.